The zero-order valence-corrected chi connectivity index (χ0v) is 11.7. The van der Waals surface area contributed by atoms with E-state index in [-0.39, 0.29) is 17.8 Å². The molecule has 1 aliphatic rings. The number of benzene rings is 1. The third-order valence-electron chi connectivity index (χ3n) is 3.56. The lowest BCUT2D eigenvalue weighted by Crippen LogP contribution is -2.42. The highest BCUT2D eigenvalue weighted by Crippen LogP contribution is 2.32. The average molecular weight is 323 g/mol. The molecule has 1 aliphatic heterocycles. The zero-order chi connectivity index (χ0) is 16.8. The summed E-state index contributed by atoms with van der Waals surface area (Å²) in [7, 11) is 0. The summed E-state index contributed by atoms with van der Waals surface area (Å²) in [6, 6.07) is 6.51. The van der Waals surface area contributed by atoms with Crippen molar-refractivity contribution in [2.24, 2.45) is 0 Å². The molecular weight excluding hydrogens is 306 g/mol. The fraction of sp³-hybridized carbons (Fsp3) is 0.500. The van der Waals surface area contributed by atoms with Crippen LogP contribution < -0.4 is 5.32 Å². The molecule has 1 aromatic carbocycles. The summed E-state index contributed by atoms with van der Waals surface area (Å²) < 4.78 is 44.5. The molecule has 1 saturated heterocycles. The Bertz CT molecular complexity index is 482. The van der Waals surface area contributed by atoms with Crippen LogP contribution in [0.4, 0.5) is 17.6 Å². The highest BCUT2D eigenvalue weighted by Gasteiger charge is 2.38. The van der Waals surface area contributed by atoms with Crippen molar-refractivity contribution in [1.29, 1.82) is 0 Å². The van der Waals surface area contributed by atoms with Crippen molar-refractivity contribution < 1.29 is 32.6 Å². The van der Waals surface area contributed by atoms with Crippen LogP contribution in [-0.2, 0) is 10.2 Å². The maximum absolute atomic E-state index is 12.8. The van der Waals surface area contributed by atoms with Gasteiger partial charge in [-0.15, -0.1) is 0 Å². The van der Waals surface area contributed by atoms with Gasteiger partial charge in [-0.05, 0) is 43.6 Å². The molecule has 0 aliphatic carbocycles. The summed E-state index contributed by atoms with van der Waals surface area (Å²) in [5.41, 5.74) is 0.881. The van der Waals surface area contributed by atoms with Crippen LogP contribution in [0.3, 0.4) is 0 Å². The van der Waals surface area contributed by atoms with E-state index in [0.29, 0.717) is 0 Å². The highest BCUT2D eigenvalue weighted by atomic mass is 19.4. The maximum atomic E-state index is 12.8. The van der Waals surface area contributed by atoms with Gasteiger partial charge >= 0.3 is 12.1 Å². The second-order valence-corrected chi connectivity index (χ2v) is 5.00. The van der Waals surface area contributed by atoms with Gasteiger partial charge in [0.25, 0.3) is 0 Å². The molecule has 0 atom stereocenters. The molecule has 0 spiro atoms. The number of aliphatic hydroxyl groups excluding tert-OH is 1. The van der Waals surface area contributed by atoms with Gasteiger partial charge in [-0.25, -0.2) is 9.18 Å². The monoisotopic (exact) mass is 323 g/mol. The quantitative estimate of drug-likeness (QED) is 0.729. The summed E-state index contributed by atoms with van der Waals surface area (Å²) in [5.74, 6) is -2.98. The van der Waals surface area contributed by atoms with Gasteiger partial charge in [-0.3, -0.25) is 0 Å². The van der Waals surface area contributed by atoms with Crippen molar-refractivity contribution >= 4 is 5.97 Å². The van der Waals surface area contributed by atoms with Crippen molar-refractivity contribution in [3.8, 4) is 0 Å². The van der Waals surface area contributed by atoms with Crippen molar-refractivity contribution in [2.45, 2.75) is 24.4 Å². The third kappa shape index (κ3) is 4.96. The molecule has 0 saturated carbocycles. The molecule has 1 aromatic rings. The fourth-order valence-corrected chi connectivity index (χ4v) is 2.25. The number of hydrogen-bond acceptors (Lipinski definition) is 3. The second-order valence-electron chi connectivity index (χ2n) is 5.00. The van der Waals surface area contributed by atoms with Gasteiger partial charge < -0.3 is 15.5 Å². The molecule has 22 heavy (non-hydrogen) atoms. The lowest BCUT2D eigenvalue weighted by atomic mass is 9.74. The number of carboxylic acid groups (broad SMARTS) is 1. The van der Waals surface area contributed by atoms with Gasteiger partial charge in [0.1, 0.15) is 5.82 Å². The first-order chi connectivity index (χ1) is 10.2. The zero-order valence-electron chi connectivity index (χ0n) is 11.7. The summed E-state index contributed by atoms with van der Waals surface area (Å²) in [6.45, 7) is 1.97. The van der Waals surface area contributed by atoms with E-state index in [1.54, 1.807) is 12.1 Å². The normalized spacial score (nSPS) is 17.3. The van der Waals surface area contributed by atoms with Crippen LogP contribution in [0.15, 0.2) is 24.3 Å². The van der Waals surface area contributed by atoms with E-state index in [9.17, 15) is 22.7 Å². The smallest absolute Gasteiger partial charge is 0.475 e. The molecule has 0 aromatic heterocycles. The van der Waals surface area contributed by atoms with Crippen LogP contribution >= 0.6 is 0 Å². The van der Waals surface area contributed by atoms with Crippen LogP contribution in [0.25, 0.3) is 0 Å². The lowest BCUT2D eigenvalue weighted by molar-refractivity contribution is -0.192. The number of aliphatic carboxylic acids is 1. The van der Waals surface area contributed by atoms with E-state index in [1.807, 2.05) is 0 Å². The average Bonchev–Trinajstić information content (AvgIpc) is 2.48. The van der Waals surface area contributed by atoms with E-state index in [4.69, 9.17) is 9.90 Å². The first kappa shape index (κ1) is 18.4. The van der Waals surface area contributed by atoms with Crippen LogP contribution in [0.5, 0.6) is 0 Å². The van der Waals surface area contributed by atoms with Crippen LogP contribution in [0, 0.1) is 5.82 Å². The Balaban J connectivity index is 0.000000295. The van der Waals surface area contributed by atoms with Crippen molar-refractivity contribution in [2.75, 3.05) is 19.7 Å². The Morgan fingerprint density at radius 2 is 1.64 bits per heavy atom. The first-order valence-electron chi connectivity index (χ1n) is 6.59. The van der Waals surface area contributed by atoms with Crippen molar-refractivity contribution in [1.82, 2.24) is 5.32 Å². The molecule has 8 heteroatoms. The first-order valence-corrected chi connectivity index (χ1v) is 6.59. The molecule has 2 rings (SSSR count). The van der Waals surface area contributed by atoms with Gasteiger partial charge in [0.2, 0.25) is 0 Å². The Morgan fingerprint density at radius 1 is 1.18 bits per heavy atom. The van der Waals surface area contributed by atoms with Crippen molar-refractivity contribution in [3.05, 3.63) is 35.6 Å². The van der Waals surface area contributed by atoms with Gasteiger partial charge in [0, 0.05) is 5.41 Å². The Labute approximate surface area is 124 Å². The van der Waals surface area contributed by atoms with Gasteiger partial charge in [0.05, 0.1) is 6.61 Å². The number of carbonyl (C=O) groups is 1. The topological polar surface area (TPSA) is 69.6 Å². The minimum absolute atomic E-state index is 0.139. The lowest BCUT2D eigenvalue weighted by Gasteiger charge is -2.36. The SMILES string of the molecule is O=C(O)C(F)(F)F.OCC1(c2ccc(F)cc2)CCNCC1. The largest absolute Gasteiger partial charge is 0.490 e. The summed E-state index contributed by atoms with van der Waals surface area (Å²) >= 11 is 0. The number of piperidine rings is 1. The summed E-state index contributed by atoms with van der Waals surface area (Å²) in [6.07, 6.45) is -3.26. The van der Waals surface area contributed by atoms with E-state index in [0.717, 1.165) is 31.5 Å². The van der Waals surface area contributed by atoms with Gasteiger partial charge in [-0.1, -0.05) is 12.1 Å². The molecule has 0 unspecified atom stereocenters. The molecule has 3 N–H and O–H groups in total. The number of aliphatic hydroxyl groups is 1. The maximum Gasteiger partial charge on any atom is 0.490 e. The second kappa shape index (κ2) is 7.55. The minimum atomic E-state index is -5.08. The fourth-order valence-electron chi connectivity index (χ4n) is 2.25. The van der Waals surface area contributed by atoms with E-state index < -0.39 is 12.1 Å². The summed E-state index contributed by atoms with van der Waals surface area (Å²) in [4.78, 5) is 8.90. The van der Waals surface area contributed by atoms with E-state index >= 15 is 0 Å². The molecular formula is C14H17F4NO3. The summed E-state index contributed by atoms with van der Waals surface area (Å²) in [5, 5.41) is 19.9. The number of halogens is 4. The third-order valence-corrected chi connectivity index (χ3v) is 3.56. The van der Waals surface area contributed by atoms with Crippen molar-refractivity contribution in [3.63, 3.8) is 0 Å². The van der Waals surface area contributed by atoms with E-state index in [2.05, 4.69) is 5.32 Å². The molecule has 1 heterocycles. The van der Waals surface area contributed by atoms with Crippen LogP contribution in [0.2, 0.25) is 0 Å². The van der Waals surface area contributed by atoms with Crippen LogP contribution in [0.1, 0.15) is 18.4 Å². The number of carboxylic acids is 1. The molecule has 124 valence electrons. The predicted octanol–water partition coefficient (Wildman–Crippen LogP) is 2.07. The molecule has 0 amide bonds. The molecule has 0 radical (unpaired) electrons. The minimum Gasteiger partial charge on any atom is -0.475 e. The Kier molecular flexibility index (Phi) is 6.31. The number of alkyl halides is 3. The standard InChI is InChI=1S/C12H16FNO.C2HF3O2/c13-11-3-1-10(2-4-11)12(9-15)5-7-14-8-6-12;3-2(4,5)1(6)7/h1-4,14-15H,5-9H2;(H,6,7). The van der Waals surface area contributed by atoms with Crippen LogP contribution in [-0.4, -0.2) is 42.1 Å². The molecule has 4 nitrogen and oxygen atoms in total. The highest BCUT2D eigenvalue weighted by molar-refractivity contribution is 5.73. The van der Waals surface area contributed by atoms with Gasteiger partial charge in [-0.2, -0.15) is 13.2 Å². The number of rotatable bonds is 2. The number of nitrogens with one attached hydrogen (secondary N) is 1. The molecule has 1 fully saturated rings. The number of hydrogen-bond donors (Lipinski definition) is 3. The van der Waals surface area contributed by atoms with E-state index in [1.165, 1.54) is 12.1 Å². The predicted molar refractivity (Wildman–Crippen MR) is 71.0 cm³/mol. The van der Waals surface area contributed by atoms with Gasteiger partial charge in [0.15, 0.2) is 0 Å². The Morgan fingerprint density at radius 3 is 2.00 bits per heavy atom. The molecule has 0 bridgehead atoms. The Hall–Kier alpha value is -1.67.